The van der Waals surface area contributed by atoms with E-state index in [2.05, 4.69) is 6.92 Å². The summed E-state index contributed by atoms with van der Waals surface area (Å²) in [7, 11) is 0. The quantitative estimate of drug-likeness (QED) is 0.630. The zero-order valence-electron chi connectivity index (χ0n) is 9.56. The molecule has 0 amide bonds. The summed E-state index contributed by atoms with van der Waals surface area (Å²) in [5.41, 5.74) is 0. The molecule has 1 aromatic carbocycles. The maximum atomic E-state index is 9.11. The molecular weight excluding hydrogens is 204 g/mol. The monoisotopic (exact) mass is 222 g/mol. The lowest BCUT2D eigenvalue weighted by Crippen LogP contribution is -2.21. The predicted molar refractivity (Wildman–Crippen MR) is 61.2 cm³/mol. The highest BCUT2D eigenvalue weighted by molar-refractivity contribution is 5.29. The predicted octanol–water partition coefficient (Wildman–Crippen LogP) is 3.28. The van der Waals surface area contributed by atoms with E-state index >= 15 is 0 Å². The van der Waals surface area contributed by atoms with Crippen LogP contribution in [0.4, 0.5) is 0 Å². The van der Waals surface area contributed by atoms with Gasteiger partial charge in [0.25, 0.3) is 0 Å². The van der Waals surface area contributed by atoms with Crippen LogP contribution in [0.2, 0.25) is 0 Å². The Hall–Kier alpha value is -1.22. The third kappa shape index (κ3) is 3.14. The van der Waals surface area contributed by atoms with Crippen molar-refractivity contribution in [2.45, 2.75) is 38.7 Å². The third-order valence-corrected chi connectivity index (χ3v) is 3.08. The molecule has 88 valence electrons. The molecule has 1 aromatic rings. The van der Waals surface area contributed by atoms with E-state index in [1.807, 2.05) is 0 Å². The Morgan fingerprint density at radius 2 is 1.69 bits per heavy atom. The lowest BCUT2D eigenvalue weighted by Gasteiger charge is -2.24. The Labute approximate surface area is 95.9 Å². The minimum Gasteiger partial charge on any atom is -0.508 e. The second kappa shape index (κ2) is 5.21. The van der Waals surface area contributed by atoms with Crippen molar-refractivity contribution in [1.29, 1.82) is 0 Å². The van der Waals surface area contributed by atoms with Crippen LogP contribution in [0.1, 0.15) is 32.6 Å². The molecule has 1 aliphatic carbocycles. The smallest absolute Gasteiger partial charge is 0.165 e. The van der Waals surface area contributed by atoms with Gasteiger partial charge in [0.2, 0.25) is 0 Å². The van der Waals surface area contributed by atoms with Crippen LogP contribution in [0.5, 0.6) is 11.5 Å². The van der Waals surface area contributed by atoms with Gasteiger partial charge in [0.1, 0.15) is 11.9 Å². The molecule has 0 atom stereocenters. The molecule has 0 spiro atoms. The Morgan fingerprint density at radius 3 is 2.31 bits per heavy atom. The Balaban J connectivity index is 1.77. The molecule has 0 unspecified atom stereocenters. The first-order valence-electron chi connectivity index (χ1n) is 5.86. The summed E-state index contributed by atoms with van der Waals surface area (Å²) in [6, 6.07) is 6.56. The fourth-order valence-corrected chi connectivity index (χ4v) is 1.95. The normalized spacial score (nSPS) is 25.3. The summed E-state index contributed by atoms with van der Waals surface area (Å²) < 4.78 is 0. The minimum atomic E-state index is 0.213. The van der Waals surface area contributed by atoms with Crippen molar-refractivity contribution in [3.8, 4) is 11.5 Å². The van der Waals surface area contributed by atoms with Gasteiger partial charge >= 0.3 is 0 Å². The molecule has 3 nitrogen and oxygen atoms in total. The van der Waals surface area contributed by atoms with Crippen LogP contribution in [0, 0.1) is 5.92 Å². The molecule has 16 heavy (non-hydrogen) atoms. The molecular formula is C13H18O3. The maximum absolute atomic E-state index is 9.11. The summed E-state index contributed by atoms with van der Waals surface area (Å²) in [5.74, 6) is 1.68. The SMILES string of the molecule is CC1CCC(OOc2ccc(O)cc2)CC1. The Morgan fingerprint density at radius 1 is 1.06 bits per heavy atom. The number of benzene rings is 1. The lowest BCUT2D eigenvalue weighted by atomic mass is 9.89. The van der Waals surface area contributed by atoms with Crippen LogP contribution in [0.25, 0.3) is 0 Å². The highest BCUT2D eigenvalue weighted by Gasteiger charge is 2.19. The number of aromatic hydroxyl groups is 1. The van der Waals surface area contributed by atoms with Gasteiger partial charge in [0.05, 0.1) is 0 Å². The zero-order chi connectivity index (χ0) is 11.4. The summed E-state index contributed by atoms with van der Waals surface area (Å²) >= 11 is 0. The van der Waals surface area contributed by atoms with Gasteiger partial charge in [0, 0.05) is 0 Å². The zero-order valence-corrected chi connectivity index (χ0v) is 9.56. The average Bonchev–Trinajstić information content (AvgIpc) is 2.30. The van der Waals surface area contributed by atoms with Crippen molar-refractivity contribution in [1.82, 2.24) is 0 Å². The van der Waals surface area contributed by atoms with E-state index in [4.69, 9.17) is 14.9 Å². The first-order chi connectivity index (χ1) is 7.74. The molecule has 0 aliphatic heterocycles. The summed E-state index contributed by atoms with van der Waals surface area (Å²) in [5, 5.41) is 9.11. The van der Waals surface area contributed by atoms with Crippen molar-refractivity contribution in [2.24, 2.45) is 5.92 Å². The maximum Gasteiger partial charge on any atom is 0.165 e. The first kappa shape index (κ1) is 11.3. The van der Waals surface area contributed by atoms with Crippen LogP contribution < -0.4 is 4.89 Å². The van der Waals surface area contributed by atoms with E-state index in [1.54, 1.807) is 24.3 Å². The van der Waals surface area contributed by atoms with Gasteiger partial charge in [-0.15, -0.1) is 0 Å². The van der Waals surface area contributed by atoms with E-state index in [1.165, 1.54) is 12.8 Å². The molecule has 1 aliphatic rings. The largest absolute Gasteiger partial charge is 0.508 e. The van der Waals surface area contributed by atoms with Gasteiger partial charge < -0.3 is 9.99 Å². The summed E-state index contributed by atoms with van der Waals surface area (Å²) in [6.45, 7) is 2.27. The molecule has 1 N–H and O–H groups in total. The van der Waals surface area contributed by atoms with E-state index in [9.17, 15) is 0 Å². The second-order valence-electron chi connectivity index (χ2n) is 4.56. The average molecular weight is 222 g/mol. The van der Waals surface area contributed by atoms with Crippen LogP contribution in [0.15, 0.2) is 24.3 Å². The fourth-order valence-electron chi connectivity index (χ4n) is 1.95. The van der Waals surface area contributed by atoms with Gasteiger partial charge in [-0.2, -0.15) is 4.89 Å². The highest BCUT2D eigenvalue weighted by atomic mass is 17.2. The highest BCUT2D eigenvalue weighted by Crippen LogP contribution is 2.26. The molecule has 0 bridgehead atoms. The molecule has 0 saturated heterocycles. The van der Waals surface area contributed by atoms with Crippen molar-refractivity contribution in [2.75, 3.05) is 0 Å². The molecule has 3 heteroatoms. The van der Waals surface area contributed by atoms with Crippen LogP contribution in [0.3, 0.4) is 0 Å². The molecule has 0 radical (unpaired) electrons. The second-order valence-corrected chi connectivity index (χ2v) is 4.56. The number of rotatable bonds is 3. The van der Waals surface area contributed by atoms with E-state index in [0.29, 0.717) is 5.75 Å². The molecule has 0 heterocycles. The fraction of sp³-hybridized carbons (Fsp3) is 0.538. The van der Waals surface area contributed by atoms with Gasteiger partial charge in [0.15, 0.2) is 5.75 Å². The van der Waals surface area contributed by atoms with Crippen molar-refractivity contribution in [3.63, 3.8) is 0 Å². The Kier molecular flexibility index (Phi) is 3.67. The van der Waals surface area contributed by atoms with Crippen molar-refractivity contribution < 1.29 is 14.9 Å². The summed E-state index contributed by atoms with van der Waals surface area (Å²) in [6.07, 6.45) is 4.77. The van der Waals surface area contributed by atoms with Crippen LogP contribution in [-0.4, -0.2) is 11.2 Å². The van der Waals surface area contributed by atoms with Crippen molar-refractivity contribution >= 4 is 0 Å². The number of hydrogen-bond acceptors (Lipinski definition) is 3. The topological polar surface area (TPSA) is 38.7 Å². The Bertz CT molecular complexity index is 312. The van der Waals surface area contributed by atoms with E-state index < -0.39 is 0 Å². The van der Waals surface area contributed by atoms with E-state index in [-0.39, 0.29) is 11.9 Å². The van der Waals surface area contributed by atoms with Gasteiger partial charge in [-0.05, 0) is 55.9 Å². The van der Waals surface area contributed by atoms with Crippen molar-refractivity contribution in [3.05, 3.63) is 24.3 Å². The van der Waals surface area contributed by atoms with Gasteiger partial charge in [-0.25, -0.2) is 0 Å². The molecule has 1 fully saturated rings. The third-order valence-electron chi connectivity index (χ3n) is 3.08. The number of hydrogen-bond donors (Lipinski definition) is 1. The number of phenols is 1. The standard InChI is InChI=1S/C13H18O3/c1-10-2-6-12(7-3-10)15-16-13-8-4-11(14)5-9-13/h4-5,8-10,12,14H,2-3,6-7H2,1H3. The molecule has 0 aromatic heterocycles. The number of phenolic OH excluding ortho intramolecular Hbond substituents is 1. The van der Waals surface area contributed by atoms with Crippen LogP contribution >= 0.6 is 0 Å². The van der Waals surface area contributed by atoms with Crippen LogP contribution in [-0.2, 0) is 4.89 Å². The summed E-state index contributed by atoms with van der Waals surface area (Å²) in [4.78, 5) is 10.6. The van der Waals surface area contributed by atoms with Gasteiger partial charge in [-0.3, -0.25) is 0 Å². The van der Waals surface area contributed by atoms with Gasteiger partial charge in [-0.1, -0.05) is 6.92 Å². The molecule has 2 rings (SSSR count). The van der Waals surface area contributed by atoms with E-state index in [0.717, 1.165) is 18.8 Å². The minimum absolute atomic E-state index is 0.213. The first-order valence-corrected chi connectivity index (χ1v) is 5.86. The lowest BCUT2D eigenvalue weighted by molar-refractivity contribution is -0.252. The molecule has 1 saturated carbocycles.